The van der Waals surface area contributed by atoms with E-state index in [1.54, 1.807) is 24.3 Å². The van der Waals surface area contributed by atoms with E-state index in [0.717, 1.165) is 11.1 Å². The van der Waals surface area contributed by atoms with E-state index in [9.17, 15) is 9.59 Å². The maximum Gasteiger partial charge on any atom is 0.276 e. The van der Waals surface area contributed by atoms with Crippen molar-refractivity contribution in [3.63, 3.8) is 0 Å². The van der Waals surface area contributed by atoms with Gasteiger partial charge in [-0.2, -0.15) is 0 Å². The monoisotopic (exact) mass is 332 g/mol. The van der Waals surface area contributed by atoms with E-state index in [1.807, 2.05) is 32.0 Å². The van der Waals surface area contributed by atoms with Crippen LogP contribution in [-0.4, -0.2) is 18.4 Å². The number of hydrogen-bond acceptors (Lipinski definition) is 3. The second-order valence-electron chi connectivity index (χ2n) is 5.12. The van der Waals surface area contributed by atoms with Crippen LogP contribution in [0.15, 0.2) is 42.5 Å². The molecule has 0 fully saturated rings. The standard InChI is InChI=1S/C17H17ClN2O3/c1-11-7-12(2)9-15(8-11)23-10-16(21)19-20-17(22)13-3-5-14(18)6-4-13/h3-9H,10H2,1-2H3,(H,19,21)(H,20,22). The van der Waals surface area contributed by atoms with Crippen LogP contribution in [0.25, 0.3) is 0 Å². The number of hydrazine groups is 1. The van der Waals surface area contributed by atoms with Crippen molar-refractivity contribution in [3.8, 4) is 5.75 Å². The van der Waals surface area contributed by atoms with Crippen molar-refractivity contribution in [1.29, 1.82) is 0 Å². The highest BCUT2D eigenvalue weighted by atomic mass is 35.5. The minimum Gasteiger partial charge on any atom is -0.484 e. The highest BCUT2D eigenvalue weighted by Crippen LogP contribution is 2.15. The molecular weight excluding hydrogens is 316 g/mol. The fourth-order valence-corrected chi connectivity index (χ4v) is 2.13. The van der Waals surface area contributed by atoms with Crippen LogP contribution < -0.4 is 15.6 Å². The highest BCUT2D eigenvalue weighted by molar-refractivity contribution is 6.30. The van der Waals surface area contributed by atoms with Crippen LogP contribution in [-0.2, 0) is 4.79 Å². The van der Waals surface area contributed by atoms with Crippen molar-refractivity contribution in [2.75, 3.05) is 6.61 Å². The lowest BCUT2D eigenvalue weighted by Gasteiger charge is -2.10. The highest BCUT2D eigenvalue weighted by Gasteiger charge is 2.08. The van der Waals surface area contributed by atoms with Crippen molar-refractivity contribution in [2.45, 2.75) is 13.8 Å². The third kappa shape index (κ3) is 5.30. The molecule has 0 saturated heterocycles. The lowest BCUT2D eigenvalue weighted by molar-refractivity contribution is -0.123. The predicted octanol–water partition coefficient (Wildman–Crippen LogP) is 2.80. The number of halogens is 1. The normalized spacial score (nSPS) is 10.0. The quantitative estimate of drug-likeness (QED) is 0.846. The molecule has 5 nitrogen and oxygen atoms in total. The summed E-state index contributed by atoms with van der Waals surface area (Å²) in [6.07, 6.45) is 0. The van der Waals surface area contributed by atoms with E-state index in [2.05, 4.69) is 10.9 Å². The van der Waals surface area contributed by atoms with Crippen molar-refractivity contribution in [1.82, 2.24) is 10.9 Å². The number of rotatable bonds is 4. The van der Waals surface area contributed by atoms with E-state index in [1.165, 1.54) is 0 Å². The molecule has 0 bridgehead atoms. The molecule has 0 unspecified atom stereocenters. The Morgan fingerprint density at radius 2 is 1.61 bits per heavy atom. The van der Waals surface area contributed by atoms with Crippen molar-refractivity contribution >= 4 is 23.4 Å². The summed E-state index contributed by atoms with van der Waals surface area (Å²) >= 11 is 5.75. The topological polar surface area (TPSA) is 67.4 Å². The Hall–Kier alpha value is -2.53. The van der Waals surface area contributed by atoms with Crippen molar-refractivity contribution in [2.24, 2.45) is 0 Å². The van der Waals surface area contributed by atoms with E-state index in [0.29, 0.717) is 16.3 Å². The van der Waals surface area contributed by atoms with Crippen LogP contribution in [0.3, 0.4) is 0 Å². The van der Waals surface area contributed by atoms with Gasteiger partial charge in [0.05, 0.1) is 0 Å². The number of nitrogens with one attached hydrogen (secondary N) is 2. The Labute approximate surface area is 139 Å². The number of carbonyl (C=O) groups excluding carboxylic acids is 2. The fraction of sp³-hybridized carbons (Fsp3) is 0.176. The molecule has 23 heavy (non-hydrogen) atoms. The maximum atomic E-state index is 11.8. The molecular formula is C17H17ClN2O3. The number of aryl methyl sites for hydroxylation is 2. The Morgan fingerprint density at radius 1 is 1.00 bits per heavy atom. The van der Waals surface area contributed by atoms with Gasteiger partial charge in [-0.25, -0.2) is 0 Å². The summed E-state index contributed by atoms with van der Waals surface area (Å²) in [5.41, 5.74) is 7.11. The lowest BCUT2D eigenvalue weighted by Crippen LogP contribution is -2.43. The number of carbonyl (C=O) groups is 2. The van der Waals surface area contributed by atoms with E-state index >= 15 is 0 Å². The Bertz CT molecular complexity index is 694. The summed E-state index contributed by atoms with van der Waals surface area (Å²) in [4.78, 5) is 23.5. The molecule has 2 aromatic rings. The van der Waals surface area contributed by atoms with Gasteiger partial charge in [-0.15, -0.1) is 0 Å². The zero-order valence-electron chi connectivity index (χ0n) is 12.9. The summed E-state index contributed by atoms with van der Waals surface area (Å²) < 4.78 is 5.40. The third-order valence-electron chi connectivity index (χ3n) is 2.99. The first-order valence-corrected chi connectivity index (χ1v) is 7.37. The summed E-state index contributed by atoms with van der Waals surface area (Å²) in [6.45, 7) is 3.71. The Balaban J connectivity index is 1.80. The van der Waals surface area contributed by atoms with Crippen LogP contribution in [0.4, 0.5) is 0 Å². The van der Waals surface area contributed by atoms with Gasteiger partial charge in [0.2, 0.25) is 0 Å². The molecule has 0 radical (unpaired) electrons. The van der Waals surface area contributed by atoms with Gasteiger partial charge in [0.25, 0.3) is 11.8 Å². The van der Waals surface area contributed by atoms with Gasteiger partial charge < -0.3 is 4.74 Å². The van der Waals surface area contributed by atoms with Gasteiger partial charge in [-0.05, 0) is 61.4 Å². The molecule has 0 saturated carbocycles. The second kappa shape index (κ2) is 7.65. The molecule has 120 valence electrons. The molecule has 2 aromatic carbocycles. The smallest absolute Gasteiger partial charge is 0.276 e. The van der Waals surface area contributed by atoms with Gasteiger partial charge in [-0.3, -0.25) is 20.4 Å². The van der Waals surface area contributed by atoms with Gasteiger partial charge >= 0.3 is 0 Å². The van der Waals surface area contributed by atoms with E-state index in [4.69, 9.17) is 16.3 Å². The molecule has 0 spiro atoms. The van der Waals surface area contributed by atoms with Crippen molar-refractivity contribution < 1.29 is 14.3 Å². The molecule has 2 rings (SSSR count). The van der Waals surface area contributed by atoms with Crippen LogP contribution in [0.5, 0.6) is 5.75 Å². The molecule has 0 aliphatic heterocycles. The zero-order valence-corrected chi connectivity index (χ0v) is 13.6. The number of ether oxygens (including phenoxy) is 1. The average molecular weight is 333 g/mol. The summed E-state index contributed by atoms with van der Waals surface area (Å²) in [6, 6.07) is 12.0. The molecule has 6 heteroatoms. The third-order valence-corrected chi connectivity index (χ3v) is 3.24. The summed E-state index contributed by atoms with van der Waals surface area (Å²) in [5, 5.41) is 0.535. The number of benzene rings is 2. The zero-order chi connectivity index (χ0) is 16.8. The maximum absolute atomic E-state index is 11.8. The fourth-order valence-electron chi connectivity index (χ4n) is 2.00. The first-order chi connectivity index (χ1) is 10.9. The van der Waals surface area contributed by atoms with Crippen LogP contribution in [0, 0.1) is 13.8 Å². The Morgan fingerprint density at radius 3 is 2.22 bits per heavy atom. The first-order valence-electron chi connectivity index (χ1n) is 7.00. The molecule has 0 aliphatic rings. The number of amides is 2. The largest absolute Gasteiger partial charge is 0.484 e. The van der Waals surface area contributed by atoms with Gasteiger partial charge in [-0.1, -0.05) is 17.7 Å². The number of hydrogen-bond donors (Lipinski definition) is 2. The van der Waals surface area contributed by atoms with Gasteiger partial charge in [0, 0.05) is 10.6 Å². The predicted molar refractivity (Wildman–Crippen MR) is 88.5 cm³/mol. The van der Waals surface area contributed by atoms with Crippen LogP contribution in [0.1, 0.15) is 21.5 Å². The summed E-state index contributed by atoms with van der Waals surface area (Å²) in [7, 11) is 0. The molecule has 2 amide bonds. The average Bonchev–Trinajstić information content (AvgIpc) is 2.50. The SMILES string of the molecule is Cc1cc(C)cc(OCC(=O)NNC(=O)c2ccc(Cl)cc2)c1. The van der Waals surface area contributed by atoms with Gasteiger partial charge in [0.15, 0.2) is 6.61 Å². The molecule has 2 N–H and O–H groups in total. The van der Waals surface area contributed by atoms with Gasteiger partial charge in [0.1, 0.15) is 5.75 Å². The summed E-state index contributed by atoms with van der Waals surface area (Å²) in [5.74, 6) is -0.269. The minimum absolute atomic E-state index is 0.191. The Kier molecular flexibility index (Phi) is 5.60. The van der Waals surface area contributed by atoms with E-state index in [-0.39, 0.29) is 6.61 Å². The van der Waals surface area contributed by atoms with Crippen LogP contribution in [0.2, 0.25) is 5.02 Å². The van der Waals surface area contributed by atoms with Crippen LogP contribution >= 0.6 is 11.6 Å². The molecule has 0 aromatic heterocycles. The lowest BCUT2D eigenvalue weighted by atomic mass is 10.1. The first kappa shape index (κ1) is 16.8. The van der Waals surface area contributed by atoms with Crippen molar-refractivity contribution in [3.05, 3.63) is 64.2 Å². The molecule has 0 atom stereocenters. The van der Waals surface area contributed by atoms with E-state index < -0.39 is 11.8 Å². The molecule has 0 aliphatic carbocycles. The molecule has 0 heterocycles. The second-order valence-corrected chi connectivity index (χ2v) is 5.56. The minimum atomic E-state index is -0.452.